The van der Waals surface area contributed by atoms with Gasteiger partial charge in [-0.1, -0.05) is 0 Å². The lowest BCUT2D eigenvalue weighted by Gasteiger charge is -1.95. The third-order valence-electron chi connectivity index (χ3n) is 1.72. The number of fused-ring (bicyclic) bond motifs is 1. The molecular weight excluding hydrogens is 228 g/mol. The third kappa shape index (κ3) is 1.23. The summed E-state index contributed by atoms with van der Waals surface area (Å²) in [6.07, 6.45) is 2.35. The predicted octanol–water partition coefficient (Wildman–Crippen LogP) is 0.370. The second-order valence-electron chi connectivity index (χ2n) is 2.59. The normalized spacial score (nSPS) is 17.4. The van der Waals surface area contributed by atoms with Crippen molar-refractivity contribution in [1.82, 2.24) is 9.97 Å². The Morgan fingerprint density at radius 3 is 2.79 bits per heavy atom. The number of nitrogens with zero attached hydrogens (tertiary/aromatic N) is 2. The van der Waals surface area contributed by atoms with Gasteiger partial charge in [-0.15, -0.1) is 0 Å². The van der Waals surface area contributed by atoms with Gasteiger partial charge < -0.3 is 0 Å². The molecule has 0 saturated carbocycles. The maximum absolute atomic E-state index is 11.4. The van der Waals surface area contributed by atoms with Crippen LogP contribution in [0.15, 0.2) is 23.0 Å². The third-order valence-corrected chi connectivity index (χ3v) is 3.33. The lowest BCUT2D eigenvalue weighted by Crippen LogP contribution is -1.98. The van der Waals surface area contributed by atoms with Gasteiger partial charge >= 0.3 is 0 Å². The topological polar surface area (TPSA) is 77.0 Å². The van der Waals surface area contributed by atoms with Gasteiger partial charge in [0.05, 0.1) is 5.57 Å². The first-order valence-electron chi connectivity index (χ1n) is 3.49. The molecule has 1 aliphatic rings. The van der Waals surface area contributed by atoms with Crippen LogP contribution in [0.5, 0.6) is 0 Å². The minimum absolute atomic E-state index is 0.0812. The molecule has 14 heavy (non-hydrogen) atoms. The molecule has 0 aliphatic carbocycles. The first-order chi connectivity index (χ1) is 6.52. The van der Waals surface area contributed by atoms with Crippen molar-refractivity contribution in [2.45, 2.75) is 5.03 Å². The van der Waals surface area contributed by atoms with Crippen molar-refractivity contribution in [3.05, 3.63) is 23.5 Å². The smallest absolute Gasteiger partial charge is 0.253 e. The summed E-state index contributed by atoms with van der Waals surface area (Å²) in [4.78, 5) is 18.1. The Labute approximate surface area is 84.4 Å². The molecule has 0 spiro atoms. The second kappa shape index (κ2) is 2.86. The van der Waals surface area contributed by atoms with Gasteiger partial charge in [-0.2, -0.15) is 0 Å². The van der Waals surface area contributed by atoms with Crippen LogP contribution in [0.2, 0.25) is 0 Å². The molecule has 2 rings (SSSR count). The van der Waals surface area contributed by atoms with Gasteiger partial charge in [-0.05, 0) is 11.6 Å². The van der Waals surface area contributed by atoms with Crippen LogP contribution in [-0.4, -0.2) is 23.6 Å². The Morgan fingerprint density at radius 1 is 1.43 bits per heavy atom. The number of sulfone groups is 1. The van der Waals surface area contributed by atoms with Crippen molar-refractivity contribution in [2.75, 3.05) is 0 Å². The number of hydrogen-bond acceptors (Lipinski definition) is 5. The van der Waals surface area contributed by atoms with E-state index in [9.17, 15) is 13.2 Å². The number of hydrogen-bond donors (Lipinski definition) is 0. The zero-order valence-electron chi connectivity index (χ0n) is 6.64. The molecule has 0 atom stereocenters. The average molecular weight is 231 g/mol. The Bertz CT molecular complexity index is 550. The largest absolute Gasteiger partial charge is 0.276 e. The summed E-state index contributed by atoms with van der Waals surface area (Å²) in [5.74, 6) is 0. The summed E-state index contributed by atoms with van der Waals surface area (Å²) >= 11 is 5.21. The fraction of sp³-hybridized carbons (Fsp3) is 0. The first kappa shape index (κ1) is 9.29. The Kier molecular flexibility index (Phi) is 1.90. The van der Waals surface area contributed by atoms with Crippen molar-refractivity contribution in [2.24, 2.45) is 0 Å². The molecule has 72 valence electrons. The van der Waals surface area contributed by atoms with Crippen LogP contribution >= 0.6 is 11.6 Å². The highest BCUT2D eigenvalue weighted by molar-refractivity contribution is 7.94. The molecule has 0 saturated heterocycles. The van der Waals surface area contributed by atoms with E-state index in [0.717, 1.165) is 11.7 Å². The zero-order valence-corrected chi connectivity index (χ0v) is 8.21. The summed E-state index contributed by atoms with van der Waals surface area (Å²) in [6.45, 7) is 0. The number of carbonyl (C=O) groups excluding carboxylic acids is 1. The van der Waals surface area contributed by atoms with Crippen molar-refractivity contribution >= 4 is 32.3 Å². The summed E-state index contributed by atoms with van der Waals surface area (Å²) < 4.78 is 22.8. The fourth-order valence-corrected chi connectivity index (χ4v) is 2.70. The van der Waals surface area contributed by atoms with Gasteiger partial charge in [-0.25, -0.2) is 18.4 Å². The van der Waals surface area contributed by atoms with E-state index in [-0.39, 0.29) is 16.2 Å². The van der Waals surface area contributed by atoms with E-state index in [4.69, 9.17) is 11.6 Å². The van der Waals surface area contributed by atoms with Crippen LogP contribution < -0.4 is 0 Å². The Hall–Kier alpha value is -1.27. The molecule has 2 heterocycles. The maximum Gasteiger partial charge on any atom is 0.253 e. The van der Waals surface area contributed by atoms with Crippen LogP contribution in [0.3, 0.4) is 0 Å². The number of carbonyl (C=O) groups is 1. The minimum Gasteiger partial charge on any atom is -0.276 e. The van der Waals surface area contributed by atoms with Crippen molar-refractivity contribution < 1.29 is 13.2 Å². The molecule has 0 fully saturated rings. The average Bonchev–Trinajstić information content (AvgIpc) is 2.40. The number of rotatable bonds is 1. The molecule has 1 aliphatic heterocycles. The van der Waals surface area contributed by atoms with E-state index in [1.165, 1.54) is 6.20 Å². The Balaban J connectivity index is 2.79. The van der Waals surface area contributed by atoms with E-state index in [2.05, 4.69) is 9.97 Å². The van der Waals surface area contributed by atoms with E-state index in [0.29, 0.717) is 0 Å². The van der Waals surface area contributed by atoms with Gasteiger partial charge in [0.1, 0.15) is 6.33 Å². The first-order valence-corrected chi connectivity index (χ1v) is 5.42. The highest BCUT2D eigenvalue weighted by Crippen LogP contribution is 2.31. The molecule has 0 amide bonds. The van der Waals surface area contributed by atoms with Gasteiger partial charge in [0, 0.05) is 17.2 Å². The molecule has 5 nitrogen and oxygen atoms in total. The van der Waals surface area contributed by atoms with Gasteiger partial charge in [0.15, 0.2) is 5.03 Å². The van der Waals surface area contributed by atoms with Crippen LogP contribution in [0, 0.1) is 0 Å². The fourth-order valence-electron chi connectivity index (χ4n) is 1.16. The molecule has 1 aromatic heterocycles. The van der Waals surface area contributed by atoms with E-state index < -0.39 is 15.1 Å². The van der Waals surface area contributed by atoms with Crippen molar-refractivity contribution in [3.63, 3.8) is 0 Å². The number of halogens is 1. The quantitative estimate of drug-likeness (QED) is 0.515. The molecule has 1 aromatic rings. The Morgan fingerprint density at radius 2 is 2.14 bits per heavy atom. The zero-order chi connectivity index (χ0) is 10.3. The molecule has 0 bridgehead atoms. The van der Waals surface area contributed by atoms with E-state index in [1.54, 1.807) is 0 Å². The molecule has 0 radical (unpaired) electrons. The maximum atomic E-state index is 11.4. The lowest BCUT2D eigenvalue weighted by molar-refractivity contribution is -0.106. The van der Waals surface area contributed by atoms with Gasteiger partial charge in [0.2, 0.25) is 9.84 Å². The monoisotopic (exact) mass is 230 g/mol. The number of aromatic nitrogens is 2. The predicted molar refractivity (Wildman–Crippen MR) is 48.1 cm³/mol. The van der Waals surface area contributed by atoms with Crippen LogP contribution in [0.1, 0.15) is 5.56 Å². The van der Waals surface area contributed by atoms with Gasteiger partial charge in [-0.3, -0.25) is 4.79 Å². The van der Waals surface area contributed by atoms with E-state index >= 15 is 0 Å². The summed E-state index contributed by atoms with van der Waals surface area (Å²) in [7, 11) is -3.62. The highest BCUT2D eigenvalue weighted by atomic mass is 35.5. The SMILES string of the molecule is O=C(Cl)C1=CS(=O)(=O)c2ncncc21. The minimum atomic E-state index is -3.62. The van der Waals surface area contributed by atoms with Crippen LogP contribution in [-0.2, 0) is 14.6 Å². The van der Waals surface area contributed by atoms with Crippen LogP contribution in [0.4, 0.5) is 0 Å². The van der Waals surface area contributed by atoms with Gasteiger partial charge in [0.25, 0.3) is 5.24 Å². The molecule has 0 unspecified atom stereocenters. The molecule has 0 aromatic carbocycles. The lowest BCUT2D eigenvalue weighted by atomic mass is 10.2. The second-order valence-corrected chi connectivity index (χ2v) is 4.65. The van der Waals surface area contributed by atoms with E-state index in [1.807, 2.05) is 0 Å². The van der Waals surface area contributed by atoms with Crippen LogP contribution in [0.25, 0.3) is 5.57 Å². The molecule has 7 heteroatoms. The summed E-state index contributed by atoms with van der Waals surface area (Å²) in [6, 6.07) is 0. The standard InChI is InChI=1S/C7H3ClN2O3S/c8-6(11)5-2-14(12,13)7-4(5)1-9-3-10-7/h1-3H. The summed E-state index contributed by atoms with van der Waals surface area (Å²) in [5, 5.41) is -0.194. The summed E-state index contributed by atoms with van der Waals surface area (Å²) in [5.41, 5.74) is 0.0785. The van der Waals surface area contributed by atoms with Crippen molar-refractivity contribution in [3.8, 4) is 0 Å². The molecular formula is C7H3ClN2O3S. The van der Waals surface area contributed by atoms with Crippen molar-refractivity contribution in [1.29, 1.82) is 0 Å². The number of allylic oxidation sites excluding steroid dienone is 1. The highest BCUT2D eigenvalue weighted by Gasteiger charge is 2.31. The molecule has 0 N–H and O–H groups in total.